The Labute approximate surface area is 155 Å². The van der Waals surface area contributed by atoms with Crippen molar-refractivity contribution in [2.45, 2.75) is 17.6 Å². The maximum absolute atomic E-state index is 12.4. The van der Waals surface area contributed by atoms with Gasteiger partial charge in [0.15, 0.2) is 0 Å². The molecule has 0 bridgehead atoms. The summed E-state index contributed by atoms with van der Waals surface area (Å²) in [6.45, 7) is 2.12. The molecule has 3 aromatic rings. The van der Waals surface area contributed by atoms with Crippen LogP contribution >= 0.6 is 22.9 Å². The van der Waals surface area contributed by atoms with Gasteiger partial charge in [-0.1, -0.05) is 23.7 Å². The number of nitrogens with one attached hydrogen (secondary N) is 1. The normalized spacial score (nSPS) is 11.6. The van der Waals surface area contributed by atoms with Crippen LogP contribution in [-0.4, -0.2) is 24.9 Å². The van der Waals surface area contributed by atoms with Gasteiger partial charge in [-0.3, -0.25) is 0 Å². The Morgan fingerprint density at radius 1 is 1.12 bits per heavy atom. The number of hydrogen-bond acceptors (Lipinski definition) is 5. The van der Waals surface area contributed by atoms with E-state index in [1.54, 1.807) is 43.5 Å². The van der Waals surface area contributed by atoms with Gasteiger partial charge in [0.1, 0.15) is 10.0 Å². The molecule has 0 amide bonds. The van der Waals surface area contributed by atoms with Gasteiger partial charge < -0.3 is 0 Å². The van der Waals surface area contributed by atoms with Crippen molar-refractivity contribution in [3.8, 4) is 10.6 Å². The molecule has 0 aliphatic rings. The molecule has 1 N–H and O–H groups in total. The molecule has 2 aromatic heterocycles. The molecular weight excluding hydrogens is 378 g/mol. The SMILES string of the molecule is Cc1nccc(-c2ccc(S(=O)(=O)NCCc3ccc(Cl)cc3)s2)n1. The van der Waals surface area contributed by atoms with Gasteiger partial charge in [0.25, 0.3) is 0 Å². The lowest BCUT2D eigenvalue weighted by Crippen LogP contribution is -2.25. The topological polar surface area (TPSA) is 72.0 Å². The zero-order chi connectivity index (χ0) is 17.9. The van der Waals surface area contributed by atoms with Crippen LogP contribution in [0.2, 0.25) is 5.02 Å². The second-order valence-electron chi connectivity index (χ2n) is 5.38. The van der Waals surface area contributed by atoms with Crippen molar-refractivity contribution in [2.24, 2.45) is 0 Å². The van der Waals surface area contributed by atoms with Gasteiger partial charge in [-0.25, -0.2) is 23.1 Å². The predicted octanol–water partition coefficient (Wildman–Crippen LogP) is 3.69. The lowest BCUT2D eigenvalue weighted by atomic mass is 10.2. The van der Waals surface area contributed by atoms with E-state index >= 15 is 0 Å². The summed E-state index contributed by atoms with van der Waals surface area (Å²) >= 11 is 7.03. The minimum absolute atomic E-state index is 0.273. The highest BCUT2D eigenvalue weighted by atomic mass is 35.5. The first kappa shape index (κ1) is 18.0. The minimum Gasteiger partial charge on any atom is -0.242 e. The van der Waals surface area contributed by atoms with Crippen LogP contribution in [0.1, 0.15) is 11.4 Å². The zero-order valence-corrected chi connectivity index (χ0v) is 15.8. The lowest BCUT2D eigenvalue weighted by molar-refractivity contribution is 0.584. The lowest BCUT2D eigenvalue weighted by Gasteiger charge is -2.05. The van der Waals surface area contributed by atoms with Crippen molar-refractivity contribution < 1.29 is 8.42 Å². The molecule has 0 saturated carbocycles. The first-order valence-electron chi connectivity index (χ1n) is 7.58. The van der Waals surface area contributed by atoms with Crippen LogP contribution in [0.25, 0.3) is 10.6 Å². The Kier molecular flexibility index (Phi) is 5.48. The Morgan fingerprint density at radius 2 is 1.88 bits per heavy atom. The Balaban J connectivity index is 1.67. The van der Waals surface area contributed by atoms with E-state index in [-0.39, 0.29) is 4.21 Å². The summed E-state index contributed by atoms with van der Waals surface area (Å²) in [6.07, 6.45) is 2.26. The first-order chi connectivity index (χ1) is 11.9. The van der Waals surface area contributed by atoms with Crippen molar-refractivity contribution in [3.63, 3.8) is 0 Å². The number of benzene rings is 1. The number of halogens is 1. The smallest absolute Gasteiger partial charge is 0.242 e. The average molecular weight is 394 g/mol. The Morgan fingerprint density at radius 3 is 2.60 bits per heavy atom. The van der Waals surface area contributed by atoms with Crippen molar-refractivity contribution >= 4 is 33.0 Å². The van der Waals surface area contributed by atoms with Crippen molar-refractivity contribution in [2.75, 3.05) is 6.54 Å². The average Bonchev–Trinajstić information content (AvgIpc) is 3.08. The maximum atomic E-state index is 12.4. The van der Waals surface area contributed by atoms with Gasteiger partial charge in [0.05, 0.1) is 10.6 Å². The molecule has 0 aliphatic carbocycles. The van der Waals surface area contributed by atoms with Crippen LogP contribution < -0.4 is 4.72 Å². The van der Waals surface area contributed by atoms with Crippen LogP contribution in [0, 0.1) is 6.92 Å². The monoisotopic (exact) mass is 393 g/mol. The van der Waals surface area contributed by atoms with Crippen molar-refractivity contribution in [1.82, 2.24) is 14.7 Å². The summed E-state index contributed by atoms with van der Waals surface area (Å²) in [7, 11) is -3.54. The molecule has 2 heterocycles. The summed E-state index contributed by atoms with van der Waals surface area (Å²) in [5.41, 5.74) is 1.75. The third kappa shape index (κ3) is 4.64. The zero-order valence-electron chi connectivity index (χ0n) is 13.4. The summed E-state index contributed by atoms with van der Waals surface area (Å²) in [5.74, 6) is 0.649. The third-order valence-electron chi connectivity index (χ3n) is 3.49. The Bertz CT molecular complexity index is 970. The Hall–Kier alpha value is -1.80. The molecule has 130 valence electrons. The number of aromatic nitrogens is 2. The molecule has 0 fully saturated rings. The number of thiophene rings is 1. The van der Waals surface area contributed by atoms with E-state index in [9.17, 15) is 8.42 Å². The fourth-order valence-corrected chi connectivity index (χ4v) is 4.73. The number of nitrogens with zero attached hydrogens (tertiary/aromatic N) is 2. The quantitative estimate of drug-likeness (QED) is 0.693. The van der Waals surface area contributed by atoms with Gasteiger partial charge in [0, 0.05) is 17.8 Å². The van der Waals surface area contributed by atoms with Crippen molar-refractivity contribution in [1.29, 1.82) is 0 Å². The predicted molar refractivity (Wildman–Crippen MR) is 100 cm³/mol. The van der Waals surface area contributed by atoms with E-state index in [0.29, 0.717) is 23.8 Å². The molecule has 8 heteroatoms. The molecule has 1 aromatic carbocycles. The van der Waals surface area contributed by atoms with Crippen LogP contribution in [0.4, 0.5) is 0 Å². The fraction of sp³-hybridized carbons (Fsp3) is 0.176. The van der Waals surface area contributed by atoms with E-state index in [1.807, 2.05) is 12.1 Å². The van der Waals surface area contributed by atoms with Crippen LogP contribution in [0.5, 0.6) is 0 Å². The first-order valence-corrected chi connectivity index (χ1v) is 10.3. The third-order valence-corrected chi connectivity index (χ3v) is 6.81. The van der Waals surface area contributed by atoms with E-state index < -0.39 is 10.0 Å². The maximum Gasteiger partial charge on any atom is 0.250 e. The second kappa shape index (κ2) is 7.61. The highest BCUT2D eigenvalue weighted by Crippen LogP contribution is 2.29. The second-order valence-corrected chi connectivity index (χ2v) is 8.90. The van der Waals surface area contributed by atoms with Gasteiger partial charge in [-0.05, 0) is 49.2 Å². The van der Waals surface area contributed by atoms with Gasteiger partial charge in [-0.2, -0.15) is 0 Å². The number of aryl methyl sites for hydroxylation is 1. The van der Waals surface area contributed by atoms with Gasteiger partial charge in [0.2, 0.25) is 10.0 Å². The molecular formula is C17H16ClN3O2S2. The number of sulfonamides is 1. The minimum atomic E-state index is -3.54. The van der Waals surface area contributed by atoms with E-state index in [2.05, 4.69) is 14.7 Å². The molecule has 0 radical (unpaired) electrons. The van der Waals surface area contributed by atoms with E-state index in [0.717, 1.165) is 16.1 Å². The molecule has 25 heavy (non-hydrogen) atoms. The highest BCUT2D eigenvalue weighted by Gasteiger charge is 2.17. The largest absolute Gasteiger partial charge is 0.250 e. The van der Waals surface area contributed by atoms with Crippen LogP contribution in [0.15, 0.2) is 52.9 Å². The van der Waals surface area contributed by atoms with Crippen LogP contribution in [-0.2, 0) is 16.4 Å². The number of rotatable bonds is 6. The standard InChI is InChI=1S/C17H16ClN3O2S2/c1-12-19-10-9-15(21-12)16-6-7-17(24-16)25(22,23)20-11-8-13-2-4-14(18)5-3-13/h2-7,9-10,20H,8,11H2,1H3. The van der Waals surface area contributed by atoms with Gasteiger partial charge >= 0.3 is 0 Å². The summed E-state index contributed by atoms with van der Waals surface area (Å²) in [4.78, 5) is 9.17. The molecule has 0 saturated heterocycles. The van der Waals surface area contributed by atoms with E-state index in [1.165, 1.54) is 11.3 Å². The summed E-state index contributed by atoms with van der Waals surface area (Å²) in [6, 6.07) is 12.5. The summed E-state index contributed by atoms with van der Waals surface area (Å²) < 4.78 is 27.8. The molecule has 3 rings (SSSR count). The fourth-order valence-electron chi connectivity index (χ4n) is 2.25. The van der Waals surface area contributed by atoms with E-state index in [4.69, 9.17) is 11.6 Å². The van der Waals surface area contributed by atoms with Gasteiger partial charge in [-0.15, -0.1) is 11.3 Å². The molecule has 0 atom stereocenters. The summed E-state index contributed by atoms with van der Waals surface area (Å²) in [5, 5.41) is 0.662. The molecule has 0 unspecified atom stereocenters. The molecule has 0 spiro atoms. The van der Waals surface area contributed by atoms with Crippen LogP contribution in [0.3, 0.4) is 0 Å². The highest BCUT2D eigenvalue weighted by molar-refractivity contribution is 7.91. The van der Waals surface area contributed by atoms with Crippen molar-refractivity contribution in [3.05, 3.63) is 65.1 Å². The molecule has 5 nitrogen and oxygen atoms in total. The number of hydrogen-bond donors (Lipinski definition) is 1. The molecule has 0 aliphatic heterocycles.